The number of fused-ring (bicyclic) bond motifs is 5. The smallest absolute Gasteiger partial charge is 0.114 e. The Morgan fingerprint density at radius 3 is 2.48 bits per heavy atom. The number of nitroso groups, excluding NO2 is 2. The average molecular weight is 427 g/mol. The summed E-state index contributed by atoms with van der Waals surface area (Å²) in [5.41, 5.74) is 1.53. The molecule has 0 spiro atoms. The Morgan fingerprint density at radius 1 is 1.03 bits per heavy atom. The van der Waals surface area contributed by atoms with Gasteiger partial charge in [-0.15, -0.1) is 0 Å². The largest absolute Gasteiger partial charge is 0.150 e. The molecule has 31 heavy (non-hydrogen) atoms. The molecule has 3 saturated carbocycles. The van der Waals surface area contributed by atoms with E-state index in [0.29, 0.717) is 35.0 Å². The molecule has 4 nitrogen and oxygen atoms in total. The van der Waals surface area contributed by atoms with Gasteiger partial charge in [0.2, 0.25) is 0 Å². The molecule has 4 rings (SSSR count). The van der Waals surface area contributed by atoms with E-state index in [-0.39, 0.29) is 17.5 Å². The van der Waals surface area contributed by atoms with Gasteiger partial charge in [0.25, 0.3) is 0 Å². The molecule has 172 valence electrons. The van der Waals surface area contributed by atoms with Gasteiger partial charge in [0.15, 0.2) is 0 Å². The molecular formula is C27H42N2O2. The summed E-state index contributed by atoms with van der Waals surface area (Å²) in [6.45, 7) is 11.9. The first-order valence-electron chi connectivity index (χ1n) is 12.8. The van der Waals surface area contributed by atoms with Gasteiger partial charge in [-0.1, -0.05) is 63.2 Å². The molecule has 0 saturated heterocycles. The molecule has 0 aromatic carbocycles. The van der Waals surface area contributed by atoms with Crippen LogP contribution in [0.4, 0.5) is 0 Å². The zero-order chi connectivity index (χ0) is 22.4. The van der Waals surface area contributed by atoms with Gasteiger partial charge in [-0.2, -0.15) is 9.81 Å². The monoisotopic (exact) mass is 426 g/mol. The van der Waals surface area contributed by atoms with Crippen molar-refractivity contribution >= 4 is 0 Å². The predicted octanol–water partition coefficient (Wildman–Crippen LogP) is 7.68. The van der Waals surface area contributed by atoms with Gasteiger partial charge in [0.05, 0.1) is 0 Å². The highest BCUT2D eigenvalue weighted by atomic mass is 16.3. The summed E-state index contributed by atoms with van der Waals surface area (Å²) in [4.78, 5) is 23.1. The molecule has 0 aromatic heterocycles. The van der Waals surface area contributed by atoms with Crippen molar-refractivity contribution < 1.29 is 0 Å². The van der Waals surface area contributed by atoms with Crippen molar-refractivity contribution in [1.29, 1.82) is 0 Å². The van der Waals surface area contributed by atoms with Crippen molar-refractivity contribution in [3.8, 4) is 0 Å². The molecule has 4 aliphatic rings. The van der Waals surface area contributed by atoms with Gasteiger partial charge in [-0.3, -0.25) is 0 Å². The maximum Gasteiger partial charge on any atom is 0.114 e. The van der Waals surface area contributed by atoms with E-state index < -0.39 is 0 Å². The van der Waals surface area contributed by atoms with Crippen LogP contribution in [-0.4, -0.2) is 12.1 Å². The van der Waals surface area contributed by atoms with Crippen LogP contribution in [0.15, 0.2) is 34.2 Å². The Kier molecular flexibility index (Phi) is 6.31. The molecule has 0 aliphatic heterocycles. The lowest BCUT2D eigenvalue weighted by atomic mass is 9.45. The quantitative estimate of drug-likeness (QED) is 0.323. The van der Waals surface area contributed by atoms with Gasteiger partial charge >= 0.3 is 0 Å². The average Bonchev–Trinajstić information content (AvgIpc) is 3.09. The molecule has 0 N–H and O–H groups in total. The Labute approximate surface area is 188 Å². The predicted molar refractivity (Wildman–Crippen MR) is 128 cm³/mol. The van der Waals surface area contributed by atoms with Crippen LogP contribution in [0.2, 0.25) is 0 Å². The summed E-state index contributed by atoms with van der Waals surface area (Å²) in [7, 11) is 0. The third-order valence-electron chi connectivity index (χ3n) is 10.1. The fourth-order valence-electron chi connectivity index (χ4n) is 8.54. The van der Waals surface area contributed by atoms with Gasteiger partial charge in [0, 0.05) is 0 Å². The summed E-state index contributed by atoms with van der Waals surface area (Å²) in [6, 6.07) is -0.535. The van der Waals surface area contributed by atoms with E-state index in [1.54, 1.807) is 0 Å². The van der Waals surface area contributed by atoms with E-state index in [4.69, 9.17) is 0 Å². The molecule has 0 bridgehead atoms. The van der Waals surface area contributed by atoms with Crippen LogP contribution in [0.5, 0.6) is 0 Å². The second-order valence-corrected chi connectivity index (χ2v) is 12.1. The van der Waals surface area contributed by atoms with Crippen molar-refractivity contribution in [2.45, 2.75) is 98.1 Å². The molecule has 4 heteroatoms. The zero-order valence-electron chi connectivity index (χ0n) is 20.2. The van der Waals surface area contributed by atoms with Crippen LogP contribution in [0.3, 0.4) is 0 Å². The summed E-state index contributed by atoms with van der Waals surface area (Å²) >= 11 is 0. The van der Waals surface area contributed by atoms with Crippen LogP contribution in [-0.2, 0) is 0 Å². The van der Waals surface area contributed by atoms with Crippen molar-refractivity contribution in [2.24, 2.45) is 56.7 Å². The maximum absolute atomic E-state index is 11.9. The van der Waals surface area contributed by atoms with Crippen LogP contribution < -0.4 is 0 Å². The van der Waals surface area contributed by atoms with E-state index in [1.165, 1.54) is 32.1 Å². The van der Waals surface area contributed by atoms with Crippen molar-refractivity contribution in [1.82, 2.24) is 0 Å². The molecule has 0 amide bonds. The maximum atomic E-state index is 11.9. The minimum Gasteiger partial charge on any atom is -0.150 e. The molecule has 3 fully saturated rings. The highest BCUT2D eigenvalue weighted by molar-refractivity contribution is 5.31. The fraction of sp³-hybridized carbons (Fsp3) is 0.852. The minimum absolute atomic E-state index is 0.0187. The number of hydrogen-bond acceptors (Lipinski definition) is 4. The Morgan fingerprint density at radius 2 is 1.81 bits per heavy atom. The second kappa shape index (κ2) is 8.56. The van der Waals surface area contributed by atoms with E-state index in [0.717, 1.165) is 30.8 Å². The van der Waals surface area contributed by atoms with Gasteiger partial charge in [-0.25, -0.2) is 0 Å². The number of hydrogen-bond donors (Lipinski definition) is 0. The summed E-state index contributed by atoms with van der Waals surface area (Å²) in [5, 5.41) is 6.91. The Bertz CT molecular complexity index is 758. The Hall–Kier alpha value is -1.32. The fourth-order valence-corrected chi connectivity index (χ4v) is 8.54. The van der Waals surface area contributed by atoms with E-state index in [9.17, 15) is 9.81 Å². The van der Waals surface area contributed by atoms with Gasteiger partial charge in [-0.05, 0) is 103 Å². The molecular weight excluding hydrogens is 384 g/mol. The minimum atomic E-state index is -0.271. The van der Waals surface area contributed by atoms with E-state index >= 15 is 0 Å². The first kappa shape index (κ1) is 22.9. The normalized spacial score (nSPS) is 45.5. The van der Waals surface area contributed by atoms with E-state index in [2.05, 4.69) is 57.1 Å². The zero-order valence-corrected chi connectivity index (χ0v) is 20.2. The summed E-state index contributed by atoms with van der Waals surface area (Å²) in [6.07, 6.45) is 15.9. The van der Waals surface area contributed by atoms with Crippen LogP contribution >= 0.6 is 0 Å². The highest BCUT2D eigenvalue weighted by Gasteiger charge is 2.61. The lowest BCUT2D eigenvalue weighted by Crippen LogP contribution is -2.54. The number of nitrogens with zero attached hydrogens (tertiary/aromatic N) is 2. The highest BCUT2D eigenvalue weighted by Crippen LogP contribution is 2.68. The first-order valence-corrected chi connectivity index (χ1v) is 12.8. The van der Waals surface area contributed by atoms with Gasteiger partial charge < -0.3 is 0 Å². The second-order valence-electron chi connectivity index (χ2n) is 12.1. The topological polar surface area (TPSA) is 58.9 Å². The van der Waals surface area contributed by atoms with Gasteiger partial charge in [0.1, 0.15) is 12.1 Å². The molecule has 9 atom stereocenters. The summed E-state index contributed by atoms with van der Waals surface area (Å²) in [5.74, 6) is 3.97. The van der Waals surface area contributed by atoms with E-state index in [1.807, 2.05) is 6.08 Å². The number of rotatable bonds is 6. The third-order valence-corrected chi connectivity index (χ3v) is 10.1. The van der Waals surface area contributed by atoms with Crippen molar-refractivity contribution in [3.63, 3.8) is 0 Å². The third kappa shape index (κ3) is 3.76. The van der Waals surface area contributed by atoms with Crippen LogP contribution in [0.1, 0.15) is 86.0 Å². The molecule has 4 aliphatic carbocycles. The van der Waals surface area contributed by atoms with Crippen molar-refractivity contribution in [3.05, 3.63) is 33.6 Å². The molecule has 2 unspecified atom stereocenters. The molecule has 0 aromatic rings. The van der Waals surface area contributed by atoms with Crippen molar-refractivity contribution in [2.75, 3.05) is 0 Å². The molecule has 0 radical (unpaired) electrons. The SMILES string of the molecule is CC(C)CC=C[C@@H](C)[C@H]1CC[C@H]2[C@@H]3CC(N=O)C4=CC(N=O)CC[C@]4(C)[C@H]3CC[C@]12C. The summed E-state index contributed by atoms with van der Waals surface area (Å²) < 4.78 is 0. The lowest BCUT2D eigenvalue weighted by Gasteiger charge is -2.59. The lowest BCUT2D eigenvalue weighted by molar-refractivity contribution is -0.0597. The first-order chi connectivity index (χ1) is 14.7. The Balaban J connectivity index is 1.59. The standard InChI is InChI=1S/C27H42N2O2/c1-17(2)7-6-8-18(3)21-9-10-22-20-16-25(29-31)24-15-19(28-30)11-13-27(24,5)23(20)12-14-26(21,22)4/h6,8,15,17-23,25H,7,9-14,16H2,1-5H3/t18-,19?,20+,21-,22+,23+,25?,26-,27-/m1/s1. The molecule has 0 heterocycles. The number of allylic oxidation sites excluding steroid dienone is 2. The van der Waals surface area contributed by atoms with Crippen LogP contribution in [0, 0.1) is 56.2 Å². The van der Waals surface area contributed by atoms with Crippen LogP contribution in [0.25, 0.3) is 0 Å².